The summed E-state index contributed by atoms with van der Waals surface area (Å²) in [5.74, 6) is -1.16. The van der Waals surface area contributed by atoms with Crippen molar-refractivity contribution in [3.8, 4) is 0 Å². The van der Waals surface area contributed by atoms with Crippen molar-refractivity contribution in [2.45, 2.75) is 37.9 Å². The van der Waals surface area contributed by atoms with Crippen molar-refractivity contribution < 1.29 is 13.6 Å². The molecule has 18 heavy (non-hydrogen) atoms. The van der Waals surface area contributed by atoms with Gasteiger partial charge in [-0.25, -0.2) is 8.78 Å². The van der Waals surface area contributed by atoms with E-state index in [1.54, 1.807) is 6.92 Å². The van der Waals surface area contributed by atoms with Crippen LogP contribution in [0.15, 0.2) is 18.2 Å². The lowest BCUT2D eigenvalue weighted by atomic mass is 9.79. The molecule has 5 heteroatoms. The maximum atomic E-state index is 13.8. The Hall–Kier alpha value is -1.65. The van der Waals surface area contributed by atoms with Gasteiger partial charge in [0.1, 0.15) is 5.82 Å². The minimum atomic E-state index is -1.89. The number of nitrogens with two attached hydrogens (primary N) is 1. The fourth-order valence-electron chi connectivity index (χ4n) is 2.21. The van der Waals surface area contributed by atoms with Crippen molar-refractivity contribution in [1.29, 1.82) is 0 Å². The summed E-state index contributed by atoms with van der Waals surface area (Å²) in [7, 11) is 0. The predicted molar refractivity (Wildman–Crippen MR) is 65.1 cm³/mol. The molecule has 1 aliphatic rings. The van der Waals surface area contributed by atoms with Crippen molar-refractivity contribution in [3.63, 3.8) is 0 Å². The normalized spacial score (nSPS) is 32.1. The average molecular weight is 254 g/mol. The van der Waals surface area contributed by atoms with E-state index in [0.29, 0.717) is 17.7 Å². The summed E-state index contributed by atoms with van der Waals surface area (Å²) < 4.78 is 27.6. The smallest absolute Gasteiger partial charge is 0.258 e. The number of amides is 1. The van der Waals surface area contributed by atoms with Gasteiger partial charge < -0.3 is 11.1 Å². The average Bonchev–Trinajstić information content (AvgIpc) is 2.28. The van der Waals surface area contributed by atoms with E-state index in [-0.39, 0.29) is 6.42 Å². The van der Waals surface area contributed by atoms with E-state index in [0.717, 1.165) is 0 Å². The number of carbonyl (C=O) groups excluding carboxylic acids is 1. The minimum Gasteiger partial charge on any atom is -0.399 e. The van der Waals surface area contributed by atoms with Gasteiger partial charge in [0.15, 0.2) is 5.67 Å². The lowest BCUT2D eigenvalue weighted by Crippen LogP contribution is -2.56. The van der Waals surface area contributed by atoms with E-state index in [4.69, 9.17) is 5.73 Å². The van der Waals surface area contributed by atoms with Crippen LogP contribution in [0.5, 0.6) is 0 Å². The largest absolute Gasteiger partial charge is 0.399 e. The van der Waals surface area contributed by atoms with Crippen LogP contribution in [0.1, 0.15) is 32.3 Å². The van der Waals surface area contributed by atoms with Gasteiger partial charge in [0, 0.05) is 11.3 Å². The van der Waals surface area contributed by atoms with Crippen molar-refractivity contribution in [3.05, 3.63) is 29.6 Å². The van der Waals surface area contributed by atoms with E-state index in [1.165, 1.54) is 25.1 Å². The molecule has 1 aromatic carbocycles. The highest BCUT2D eigenvalue weighted by Gasteiger charge is 2.45. The lowest BCUT2D eigenvalue weighted by molar-refractivity contribution is -0.138. The molecule has 0 saturated carbocycles. The van der Waals surface area contributed by atoms with Crippen molar-refractivity contribution in [2.24, 2.45) is 0 Å². The quantitative estimate of drug-likeness (QED) is 0.755. The molecule has 1 aliphatic heterocycles. The number of alkyl halides is 1. The number of nitrogen functional groups attached to an aromatic ring is 1. The molecule has 0 radical (unpaired) electrons. The van der Waals surface area contributed by atoms with Crippen LogP contribution in [0.25, 0.3) is 0 Å². The summed E-state index contributed by atoms with van der Waals surface area (Å²) in [6, 6.07) is 4.19. The van der Waals surface area contributed by atoms with Crippen LogP contribution in [0.3, 0.4) is 0 Å². The van der Waals surface area contributed by atoms with Crippen molar-refractivity contribution in [1.82, 2.24) is 5.32 Å². The SMILES string of the molecule is C[C@@]1(F)CC[C@@](C)(c2cc(N)ccc2F)NC1=O. The summed E-state index contributed by atoms with van der Waals surface area (Å²) in [6.07, 6.45) is 0.385. The van der Waals surface area contributed by atoms with Gasteiger partial charge in [-0.2, -0.15) is 0 Å². The Kier molecular flexibility index (Phi) is 2.80. The number of anilines is 1. The maximum Gasteiger partial charge on any atom is 0.258 e. The van der Waals surface area contributed by atoms with Gasteiger partial charge in [-0.1, -0.05) is 0 Å². The molecule has 3 N–H and O–H groups in total. The summed E-state index contributed by atoms with van der Waals surface area (Å²) in [5, 5.41) is 2.56. The number of piperidine rings is 1. The molecule has 0 unspecified atom stereocenters. The number of carbonyl (C=O) groups is 1. The van der Waals surface area contributed by atoms with Crippen molar-refractivity contribution in [2.75, 3.05) is 5.73 Å². The summed E-state index contributed by atoms with van der Waals surface area (Å²) in [4.78, 5) is 11.7. The van der Waals surface area contributed by atoms with Crippen LogP contribution in [-0.2, 0) is 10.3 Å². The molecule has 98 valence electrons. The molecule has 2 atom stereocenters. The van der Waals surface area contributed by atoms with Gasteiger partial charge in [-0.15, -0.1) is 0 Å². The zero-order valence-electron chi connectivity index (χ0n) is 10.4. The number of hydrogen-bond acceptors (Lipinski definition) is 2. The topological polar surface area (TPSA) is 55.1 Å². The Labute approximate surface area is 104 Å². The van der Waals surface area contributed by atoms with Gasteiger partial charge >= 0.3 is 0 Å². The highest BCUT2D eigenvalue weighted by atomic mass is 19.1. The number of hydrogen-bond donors (Lipinski definition) is 2. The Morgan fingerprint density at radius 1 is 1.33 bits per heavy atom. The van der Waals surface area contributed by atoms with Gasteiger partial charge in [-0.05, 0) is 44.9 Å². The van der Waals surface area contributed by atoms with Gasteiger partial charge in [0.2, 0.25) is 0 Å². The summed E-state index contributed by atoms with van der Waals surface area (Å²) >= 11 is 0. The number of benzene rings is 1. The molecular weight excluding hydrogens is 238 g/mol. The third-order valence-corrected chi connectivity index (χ3v) is 3.54. The van der Waals surface area contributed by atoms with E-state index in [9.17, 15) is 13.6 Å². The van der Waals surface area contributed by atoms with Crippen LogP contribution < -0.4 is 11.1 Å². The van der Waals surface area contributed by atoms with E-state index < -0.39 is 22.9 Å². The molecule has 1 fully saturated rings. The zero-order chi connectivity index (χ0) is 13.6. The summed E-state index contributed by atoms with van der Waals surface area (Å²) in [5.41, 5.74) is 3.53. The zero-order valence-corrected chi connectivity index (χ0v) is 10.4. The van der Waals surface area contributed by atoms with Gasteiger partial charge in [0.25, 0.3) is 5.91 Å². The molecule has 2 rings (SSSR count). The maximum absolute atomic E-state index is 13.8. The molecule has 0 bridgehead atoms. The van der Waals surface area contributed by atoms with E-state index in [2.05, 4.69) is 5.32 Å². The molecule has 1 aromatic rings. The first-order chi connectivity index (χ1) is 8.24. The Morgan fingerprint density at radius 3 is 2.61 bits per heavy atom. The molecule has 1 saturated heterocycles. The fourth-order valence-corrected chi connectivity index (χ4v) is 2.21. The highest BCUT2D eigenvalue weighted by molar-refractivity contribution is 5.86. The number of rotatable bonds is 1. The Balaban J connectivity index is 2.38. The molecule has 0 aromatic heterocycles. The monoisotopic (exact) mass is 254 g/mol. The molecule has 3 nitrogen and oxygen atoms in total. The second kappa shape index (κ2) is 3.93. The van der Waals surface area contributed by atoms with Gasteiger partial charge in [0.05, 0.1) is 5.54 Å². The standard InChI is InChI=1S/C13H16F2N2O/c1-12(15)5-6-13(2,17-11(12)18)9-7-8(16)3-4-10(9)14/h3-4,7H,5-6,16H2,1-2H3,(H,17,18)/t12-,13+/m1/s1. The lowest BCUT2D eigenvalue weighted by Gasteiger charge is -2.40. The number of nitrogens with one attached hydrogen (secondary N) is 1. The van der Waals surface area contributed by atoms with Crippen molar-refractivity contribution >= 4 is 11.6 Å². The molecule has 0 aliphatic carbocycles. The van der Waals surface area contributed by atoms with Crippen LogP contribution in [0.4, 0.5) is 14.5 Å². The first-order valence-corrected chi connectivity index (χ1v) is 5.82. The predicted octanol–water partition coefficient (Wildman–Crippen LogP) is 2.26. The molecular formula is C13H16F2N2O. The van der Waals surface area contributed by atoms with Crippen LogP contribution in [-0.4, -0.2) is 11.6 Å². The van der Waals surface area contributed by atoms with E-state index in [1.807, 2.05) is 0 Å². The fraction of sp³-hybridized carbons (Fsp3) is 0.462. The minimum absolute atomic E-state index is 0.0591. The molecule has 1 amide bonds. The van der Waals surface area contributed by atoms with E-state index >= 15 is 0 Å². The number of halogens is 2. The third-order valence-electron chi connectivity index (χ3n) is 3.54. The van der Waals surface area contributed by atoms with Crippen LogP contribution in [0.2, 0.25) is 0 Å². The summed E-state index contributed by atoms with van der Waals surface area (Å²) in [6.45, 7) is 2.91. The Morgan fingerprint density at radius 2 is 2.00 bits per heavy atom. The Bertz CT molecular complexity index is 502. The molecule has 1 heterocycles. The first-order valence-electron chi connectivity index (χ1n) is 5.82. The van der Waals surface area contributed by atoms with Crippen LogP contribution >= 0.6 is 0 Å². The molecule has 0 spiro atoms. The van der Waals surface area contributed by atoms with Crippen LogP contribution in [0, 0.1) is 5.82 Å². The highest BCUT2D eigenvalue weighted by Crippen LogP contribution is 2.37. The third kappa shape index (κ3) is 2.05. The second-order valence-electron chi connectivity index (χ2n) is 5.22. The first kappa shape index (κ1) is 12.8. The second-order valence-corrected chi connectivity index (χ2v) is 5.22. The van der Waals surface area contributed by atoms with Gasteiger partial charge in [-0.3, -0.25) is 4.79 Å².